The standard InChI is InChI=1S/C20H19NO4S/c1-15-4-6-16(7-5-15)8-9-17-10-12-18(13-11-17)26(24,25)21-14-2-3-19(21)20(22)23/h4-7,10-13,19H,2-3,14H2,1H3,(H,22,23)/t19-/m0/s1. The lowest BCUT2D eigenvalue weighted by molar-refractivity contribution is -0.140. The summed E-state index contributed by atoms with van der Waals surface area (Å²) in [5.41, 5.74) is 2.74. The zero-order valence-corrected chi connectivity index (χ0v) is 15.2. The van der Waals surface area contributed by atoms with Crippen LogP contribution in [0.15, 0.2) is 53.4 Å². The number of carboxylic acids is 1. The minimum Gasteiger partial charge on any atom is -0.480 e. The predicted molar refractivity (Wildman–Crippen MR) is 98.2 cm³/mol. The summed E-state index contributed by atoms with van der Waals surface area (Å²) in [6, 6.07) is 13.1. The van der Waals surface area contributed by atoms with Crippen molar-refractivity contribution in [2.75, 3.05) is 6.54 Å². The first kappa shape index (κ1) is 18.2. The van der Waals surface area contributed by atoms with Crippen molar-refractivity contribution < 1.29 is 18.3 Å². The van der Waals surface area contributed by atoms with Gasteiger partial charge >= 0.3 is 5.97 Å². The van der Waals surface area contributed by atoms with E-state index in [0.717, 1.165) is 15.4 Å². The van der Waals surface area contributed by atoms with E-state index >= 15 is 0 Å². The number of nitrogens with zero attached hydrogens (tertiary/aromatic N) is 1. The van der Waals surface area contributed by atoms with Gasteiger partial charge in [-0.3, -0.25) is 4.79 Å². The van der Waals surface area contributed by atoms with Crippen molar-refractivity contribution in [3.8, 4) is 11.8 Å². The molecule has 134 valence electrons. The Morgan fingerprint density at radius 2 is 1.58 bits per heavy atom. The van der Waals surface area contributed by atoms with Gasteiger partial charge in [0.2, 0.25) is 10.0 Å². The van der Waals surface area contributed by atoms with Gasteiger partial charge in [0.05, 0.1) is 4.90 Å². The highest BCUT2D eigenvalue weighted by Gasteiger charge is 2.39. The van der Waals surface area contributed by atoms with Crippen molar-refractivity contribution in [1.29, 1.82) is 0 Å². The quantitative estimate of drug-likeness (QED) is 0.844. The highest BCUT2D eigenvalue weighted by atomic mass is 32.2. The third-order valence-corrected chi connectivity index (χ3v) is 6.27. The van der Waals surface area contributed by atoms with E-state index in [-0.39, 0.29) is 11.4 Å². The molecule has 0 amide bonds. The van der Waals surface area contributed by atoms with Crippen LogP contribution in [0.1, 0.15) is 29.5 Å². The molecule has 1 heterocycles. The average Bonchev–Trinajstić information content (AvgIpc) is 3.13. The van der Waals surface area contributed by atoms with Gasteiger partial charge < -0.3 is 5.11 Å². The maximum atomic E-state index is 12.7. The molecule has 0 bridgehead atoms. The molecule has 26 heavy (non-hydrogen) atoms. The molecule has 1 N–H and O–H groups in total. The minimum atomic E-state index is -3.82. The molecule has 1 saturated heterocycles. The summed E-state index contributed by atoms with van der Waals surface area (Å²) >= 11 is 0. The summed E-state index contributed by atoms with van der Waals surface area (Å²) in [7, 11) is -3.82. The highest BCUT2D eigenvalue weighted by molar-refractivity contribution is 7.89. The molecule has 0 saturated carbocycles. The summed E-state index contributed by atoms with van der Waals surface area (Å²) < 4.78 is 26.5. The van der Waals surface area contributed by atoms with Gasteiger partial charge in [0, 0.05) is 17.7 Å². The van der Waals surface area contributed by atoms with Crippen LogP contribution >= 0.6 is 0 Å². The van der Waals surface area contributed by atoms with Gasteiger partial charge in [0.25, 0.3) is 0 Å². The lowest BCUT2D eigenvalue weighted by Crippen LogP contribution is -2.40. The molecule has 5 nitrogen and oxygen atoms in total. The molecule has 0 spiro atoms. The molecule has 2 aromatic rings. The van der Waals surface area contributed by atoms with E-state index in [0.29, 0.717) is 18.4 Å². The van der Waals surface area contributed by atoms with Gasteiger partial charge in [-0.15, -0.1) is 0 Å². The monoisotopic (exact) mass is 369 g/mol. The fourth-order valence-corrected chi connectivity index (χ4v) is 4.55. The Morgan fingerprint density at radius 1 is 1.04 bits per heavy atom. The average molecular weight is 369 g/mol. The second kappa shape index (κ2) is 7.32. The summed E-state index contributed by atoms with van der Waals surface area (Å²) in [5, 5.41) is 9.21. The Bertz CT molecular complexity index is 967. The van der Waals surface area contributed by atoms with E-state index in [1.54, 1.807) is 12.1 Å². The Kier molecular flexibility index (Phi) is 5.12. The van der Waals surface area contributed by atoms with Gasteiger partial charge in [-0.1, -0.05) is 29.5 Å². The van der Waals surface area contributed by atoms with Crippen LogP contribution in [0.5, 0.6) is 0 Å². The molecule has 6 heteroatoms. The smallest absolute Gasteiger partial charge is 0.322 e. The molecule has 1 atom stereocenters. The zero-order valence-electron chi connectivity index (χ0n) is 14.3. The van der Waals surface area contributed by atoms with Gasteiger partial charge in [-0.2, -0.15) is 4.31 Å². The molecule has 3 rings (SSSR count). The fourth-order valence-electron chi connectivity index (χ4n) is 2.90. The van der Waals surface area contributed by atoms with E-state index in [9.17, 15) is 18.3 Å². The first-order valence-corrected chi connectivity index (χ1v) is 9.75. The van der Waals surface area contributed by atoms with E-state index in [1.807, 2.05) is 31.2 Å². The Labute approximate surface area is 153 Å². The zero-order chi connectivity index (χ0) is 18.7. The van der Waals surface area contributed by atoms with Crippen molar-refractivity contribution in [2.24, 2.45) is 0 Å². The van der Waals surface area contributed by atoms with Crippen molar-refractivity contribution >= 4 is 16.0 Å². The van der Waals surface area contributed by atoms with Gasteiger partial charge in [-0.25, -0.2) is 8.42 Å². The van der Waals surface area contributed by atoms with Crippen LogP contribution in [-0.2, 0) is 14.8 Å². The van der Waals surface area contributed by atoms with Crippen LogP contribution in [0.2, 0.25) is 0 Å². The van der Waals surface area contributed by atoms with Crippen LogP contribution in [0.25, 0.3) is 0 Å². The van der Waals surface area contributed by atoms with Gasteiger partial charge in [-0.05, 0) is 56.2 Å². The Balaban J connectivity index is 1.81. The van der Waals surface area contributed by atoms with Crippen LogP contribution in [0.3, 0.4) is 0 Å². The summed E-state index contributed by atoms with van der Waals surface area (Å²) in [4.78, 5) is 11.4. The maximum absolute atomic E-state index is 12.7. The molecule has 0 unspecified atom stereocenters. The number of aliphatic carboxylic acids is 1. The summed E-state index contributed by atoms with van der Waals surface area (Å²) in [5.74, 6) is 4.93. The van der Waals surface area contributed by atoms with E-state index in [4.69, 9.17) is 0 Å². The van der Waals surface area contributed by atoms with E-state index in [1.165, 1.54) is 12.1 Å². The number of hydrogen-bond donors (Lipinski definition) is 1. The highest BCUT2D eigenvalue weighted by Crippen LogP contribution is 2.26. The number of rotatable bonds is 3. The minimum absolute atomic E-state index is 0.0894. The lowest BCUT2D eigenvalue weighted by Gasteiger charge is -2.20. The molecular formula is C20H19NO4S. The largest absolute Gasteiger partial charge is 0.480 e. The third-order valence-electron chi connectivity index (χ3n) is 4.35. The van der Waals surface area contributed by atoms with Crippen molar-refractivity contribution in [3.63, 3.8) is 0 Å². The SMILES string of the molecule is Cc1ccc(C#Cc2ccc(S(=O)(=O)N3CCC[C@H]3C(=O)O)cc2)cc1. The topological polar surface area (TPSA) is 74.7 Å². The van der Waals surface area contributed by atoms with Crippen molar-refractivity contribution in [1.82, 2.24) is 4.31 Å². The number of aryl methyl sites for hydroxylation is 1. The molecule has 0 aliphatic carbocycles. The van der Waals surface area contributed by atoms with E-state index in [2.05, 4.69) is 11.8 Å². The molecule has 0 radical (unpaired) electrons. The second-order valence-corrected chi connectivity index (χ2v) is 8.14. The number of carboxylic acid groups (broad SMARTS) is 1. The Hall–Kier alpha value is -2.62. The summed E-state index contributed by atoms with van der Waals surface area (Å²) in [6.45, 7) is 2.24. The van der Waals surface area contributed by atoms with Crippen LogP contribution in [0.4, 0.5) is 0 Å². The summed E-state index contributed by atoms with van der Waals surface area (Å²) in [6.07, 6.45) is 0.894. The van der Waals surface area contributed by atoms with Crippen molar-refractivity contribution in [2.45, 2.75) is 30.7 Å². The first-order chi connectivity index (χ1) is 12.4. The predicted octanol–water partition coefficient (Wildman–Crippen LogP) is 2.63. The second-order valence-electron chi connectivity index (χ2n) is 6.25. The molecule has 2 aromatic carbocycles. The molecular weight excluding hydrogens is 350 g/mol. The normalized spacial score (nSPS) is 17.5. The van der Waals surface area contributed by atoms with E-state index < -0.39 is 22.0 Å². The molecule has 1 aliphatic heterocycles. The van der Waals surface area contributed by atoms with Crippen LogP contribution < -0.4 is 0 Å². The maximum Gasteiger partial charge on any atom is 0.322 e. The van der Waals surface area contributed by atoms with Gasteiger partial charge in [0.15, 0.2) is 0 Å². The molecule has 0 aromatic heterocycles. The lowest BCUT2D eigenvalue weighted by atomic mass is 10.1. The molecule has 1 fully saturated rings. The van der Waals surface area contributed by atoms with Crippen LogP contribution in [-0.4, -0.2) is 36.4 Å². The number of carbonyl (C=O) groups is 1. The number of sulfonamides is 1. The third kappa shape index (κ3) is 3.79. The number of benzene rings is 2. The first-order valence-electron chi connectivity index (χ1n) is 8.31. The fraction of sp³-hybridized carbons (Fsp3) is 0.250. The number of hydrogen-bond acceptors (Lipinski definition) is 3. The van der Waals surface area contributed by atoms with Crippen LogP contribution in [0, 0.1) is 18.8 Å². The van der Waals surface area contributed by atoms with Crippen molar-refractivity contribution in [3.05, 3.63) is 65.2 Å². The molecule has 1 aliphatic rings. The van der Waals surface area contributed by atoms with Gasteiger partial charge in [0.1, 0.15) is 6.04 Å². The Morgan fingerprint density at radius 3 is 2.12 bits per heavy atom.